The normalized spacial score (nSPS) is 16.7. The van der Waals surface area contributed by atoms with Crippen molar-refractivity contribution in [3.8, 4) is 0 Å². The summed E-state index contributed by atoms with van der Waals surface area (Å²) in [6.07, 6.45) is 2.74. The highest BCUT2D eigenvalue weighted by atomic mass is 19.1. The third-order valence-electron chi connectivity index (χ3n) is 4.31. The molecule has 1 atom stereocenters. The molecule has 0 aliphatic heterocycles. The van der Waals surface area contributed by atoms with Crippen molar-refractivity contribution >= 4 is 5.91 Å². The van der Waals surface area contributed by atoms with Crippen LogP contribution in [0.2, 0.25) is 0 Å². The summed E-state index contributed by atoms with van der Waals surface area (Å²) in [6.45, 7) is 2.21. The Morgan fingerprint density at radius 2 is 2.17 bits per heavy atom. The van der Waals surface area contributed by atoms with Gasteiger partial charge in [-0.3, -0.25) is 9.59 Å². The lowest BCUT2D eigenvalue weighted by Gasteiger charge is -2.21. The van der Waals surface area contributed by atoms with Crippen molar-refractivity contribution in [1.29, 1.82) is 0 Å². The number of aryl methyl sites for hydroxylation is 1. The minimum absolute atomic E-state index is 0.0540. The highest BCUT2D eigenvalue weighted by Gasteiger charge is 2.20. The molecule has 0 saturated carbocycles. The summed E-state index contributed by atoms with van der Waals surface area (Å²) in [5.74, 6) is -0.306. The van der Waals surface area contributed by atoms with Crippen molar-refractivity contribution in [3.05, 3.63) is 68.9 Å². The van der Waals surface area contributed by atoms with E-state index < -0.39 is 5.91 Å². The topological polar surface area (TPSA) is 62.0 Å². The van der Waals surface area contributed by atoms with Gasteiger partial charge >= 0.3 is 0 Å². The molecule has 4 nitrogen and oxygen atoms in total. The van der Waals surface area contributed by atoms with E-state index in [0.29, 0.717) is 11.5 Å². The van der Waals surface area contributed by atoms with Crippen LogP contribution < -0.4 is 10.9 Å². The Kier molecular flexibility index (Phi) is 4.28. The van der Waals surface area contributed by atoms with Gasteiger partial charge < -0.3 is 10.3 Å². The van der Waals surface area contributed by atoms with E-state index in [1.807, 2.05) is 0 Å². The summed E-state index contributed by atoms with van der Waals surface area (Å²) < 4.78 is 13.6. The molecule has 5 heteroatoms. The molecular weight excluding hydrogens is 295 g/mol. The Bertz CT molecular complexity index is 798. The van der Waals surface area contributed by atoms with Crippen LogP contribution in [-0.2, 0) is 19.4 Å². The molecule has 2 N–H and O–H groups in total. The summed E-state index contributed by atoms with van der Waals surface area (Å²) in [6, 6.07) is 7.93. The van der Waals surface area contributed by atoms with Gasteiger partial charge in [-0.25, -0.2) is 4.39 Å². The maximum Gasteiger partial charge on any atom is 0.261 e. The van der Waals surface area contributed by atoms with Crippen LogP contribution in [0.15, 0.2) is 35.1 Å². The van der Waals surface area contributed by atoms with Crippen molar-refractivity contribution in [1.82, 2.24) is 10.3 Å². The minimum atomic E-state index is -0.476. The number of benzene rings is 1. The SMILES string of the molecule is C[C@@H]1CCc2[nH]c(=O)c(C(=O)NCc3ccccc3F)cc2C1. The van der Waals surface area contributed by atoms with Gasteiger partial charge in [0.1, 0.15) is 11.4 Å². The van der Waals surface area contributed by atoms with Crippen LogP contribution in [0, 0.1) is 11.7 Å². The first-order valence-corrected chi connectivity index (χ1v) is 7.81. The van der Waals surface area contributed by atoms with E-state index in [-0.39, 0.29) is 23.5 Å². The average Bonchev–Trinajstić information content (AvgIpc) is 2.53. The summed E-state index contributed by atoms with van der Waals surface area (Å²) in [7, 11) is 0. The van der Waals surface area contributed by atoms with Gasteiger partial charge in [-0.05, 0) is 42.9 Å². The molecule has 0 bridgehead atoms. The van der Waals surface area contributed by atoms with E-state index in [0.717, 1.165) is 30.5 Å². The molecule has 0 spiro atoms. The van der Waals surface area contributed by atoms with Gasteiger partial charge in [0.15, 0.2) is 0 Å². The van der Waals surface area contributed by atoms with Crippen molar-refractivity contribution in [2.75, 3.05) is 0 Å². The van der Waals surface area contributed by atoms with Gasteiger partial charge in [-0.1, -0.05) is 25.1 Å². The standard InChI is InChI=1S/C18H19FN2O2/c1-11-6-7-16-13(8-11)9-14(18(23)21-16)17(22)20-10-12-4-2-3-5-15(12)19/h2-5,9,11H,6-8,10H2,1H3,(H,20,22)(H,21,23)/t11-/m1/s1. The molecule has 0 unspecified atom stereocenters. The van der Waals surface area contributed by atoms with Crippen LogP contribution in [0.1, 0.15) is 40.5 Å². The molecule has 1 aromatic heterocycles. The number of carbonyl (C=O) groups is 1. The van der Waals surface area contributed by atoms with Crippen molar-refractivity contribution in [2.24, 2.45) is 5.92 Å². The Hall–Kier alpha value is -2.43. The molecular formula is C18H19FN2O2. The number of amides is 1. The van der Waals surface area contributed by atoms with Crippen LogP contribution in [-0.4, -0.2) is 10.9 Å². The lowest BCUT2D eigenvalue weighted by molar-refractivity contribution is 0.0949. The number of fused-ring (bicyclic) bond motifs is 1. The maximum atomic E-state index is 13.6. The highest BCUT2D eigenvalue weighted by molar-refractivity contribution is 5.94. The number of pyridine rings is 1. The van der Waals surface area contributed by atoms with Crippen LogP contribution in [0.5, 0.6) is 0 Å². The predicted octanol–water partition coefficient (Wildman–Crippen LogP) is 2.57. The number of hydrogen-bond donors (Lipinski definition) is 2. The van der Waals surface area contributed by atoms with E-state index in [4.69, 9.17) is 0 Å². The highest BCUT2D eigenvalue weighted by Crippen LogP contribution is 2.23. The molecule has 23 heavy (non-hydrogen) atoms. The Labute approximate surface area is 133 Å². The molecule has 120 valence electrons. The first-order chi connectivity index (χ1) is 11.0. The number of hydrogen-bond acceptors (Lipinski definition) is 2. The quantitative estimate of drug-likeness (QED) is 0.914. The van der Waals surface area contributed by atoms with Crippen molar-refractivity contribution in [3.63, 3.8) is 0 Å². The number of rotatable bonds is 3. The zero-order valence-electron chi connectivity index (χ0n) is 13.0. The molecule has 1 amide bonds. The fraction of sp³-hybridized carbons (Fsp3) is 0.333. The maximum absolute atomic E-state index is 13.6. The van der Waals surface area contributed by atoms with Crippen molar-refractivity contribution in [2.45, 2.75) is 32.7 Å². The number of H-pyrrole nitrogens is 1. The lowest BCUT2D eigenvalue weighted by atomic mass is 9.87. The Morgan fingerprint density at radius 1 is 1.39 bits per heavy atom. The third-order valence-corrected chi connectivity index (χ3v) is 4.31. The van der Waals surface area contributed by atoms with E-state index >= 15 is 0 Å². The molecule has 1 aliphatic carbocycles. The second-order valence-electron chi connectivity index (χ2n) is 6.14. The second-order valence-corrected chi connectivity index (χ2v) is 6.14. The van der Waals surface area contributed by atoms with Gasteiger partial charge in [0.25, 0.3) is 11.5 Å². The number of carbonyl (C=O) groups excluding carboxylic acids is 1. The number of nitrogens with one attached hydrogen (secondary N) is 2. The fourth-order valence-corrected chi connectivity index (χ4v) is 2.97. The predicted molar refractivity (Wildman–Crippen MR) is 85.8 cm³/mol. The molecule has 1 aliphatic rings. The number of halogens is 1. The molecule has 1 aromatic carbocycles. The van der Waals surface area contributed by atoms with E-state index in [9.17, 15) is 14.0 Å². The fourth-order valence-electron chi connectivity index (χ4n) is 2.97. The molecule has 1 heterocycles. The number of aromatic nitrogens is 1. The van der Waals surface area contributed by atoms with Gasteiger partial charge in [0.2, 0.25) is 0 Å². The summed E-state index contributed by atoms with van der Waals surface area (Å²) in [4.78, 5) is 27.2. The molecule has 2 aromatic rings. The van der Waals surface area contributed by atoms with Gasteiger partial charge in [-0.2, -0.15) is 0 Å². The first kappa shape index (κ1) is 15.5. The lowest BCUT2D eigenvalue weighted by Crippen LogP contribution is -2.31. The summed E-state index contributed by atoms with van der Waals surface area (Å²) >= 11 is 0. The Balaban J connectivity index is 1.79. The smallest absolute Gasteiger partial charge is 0.261 e. The third kappa shape index (κ3) is 3.33. The van der Waals surface area contributed by atoms with E-state index in [1.165, 1.54) is 6.07 Å². The molecule has 0 radical (unpaired) electrons. The Morgan fingerprint density at radius 3 is 2.96 bits per heavy atom. The first-order valence-electron chi connectivity index (χ1n) is 7.81. The molecule has 0 saturated heterocycles. The monoisotopic (exact) mass is 314 g/mol. The largest absolute Gasteiger partial charge is 0.348 e. The van der Waals surface area contributed by atoms with Gasteiger partial charge in [-0.15, -0.1) is 0 Å². The summed E-state index contributed by atoms with van der Waals surface area (Å²) in [5.41, 5.74) is 2.06. The van der Waals surface area contributed by atoms with Gasteiger partial charge in [0, 0.05) is 17.8 Å². The van der Waals surface area contributed by atoms with Gasteiger partial charge in [0.05, 0.1) is 0 Å². The zero-order valence-corrected chi connectivity index (χ0v) is 13.0. The van der Waals surface area contributed by atoms with Crippen LogP contribution >= 0.6 is 0 Å². The number of aromatic amines is 1. The minimum Gasteiger partial charge on any atom is -0.348 e. The summed E-state index contributed by atoms with van der Waals surface area (Å²) in [5, 5.41) is 2.62. The zero-order chi connectivity index (χ0) is 16.4. The molecule has 0 fully saturated rings. The van der Waals surface area contributed by atoms with E-state index in [2.05, 4.69) is 17.2 Å². The van der Waals surface area contributed by atoms with Crippen molar-refractivity contribution < 1.29 is 9.18 Å². The average molecular weight is 314 g/mol. The van der Waals surface area contributed by atoms with Crippen LogP contribution in [0.3, 0.4) is 0 Å². The van der Waals surface area contributed by atoms with Crippen LogP contribution in [0.4, 0.5) is 4.39 Å². The van der Waals surface area contributed by atoms with Crippen LogP contribution in [0.25, 0.3) is 0 Å². The second kappa shape index (κ2) is 6.36. The molecule has 3 rings (SSSR count). The van der Waals surface area contributed by atoms with E-state index in [1.54, 1.807) is 24.3 Å².